The maximum Gasteiger partial charge on any atom is 0.328 e. The highest BCUT2D eigenvalue weighted by molar-refractivity contribution is 5.95. The number of benzene rings is 2. The molecule has 0 radical (unpaired) electrons. The first kappa shape index (κ1) is 13.7. The van der Waals surface area contributed by atoms with Crippen molar-refractivity contribution < 1.29 is 14.6 Å². The largest absolute Gasteiger partial charge is 0.495 e. The zero-order chi connectivity index (χ0) is 14.5. The van der Waals surface area contributed by atoms with Gasteiger partial charge in [-0.05, 0) is 28.8 Å². The number of hydrogen-bond acceptors (Lipinski definition) is 3. The Hall–Kier alpha value is -2.75. The van der Waals surface area contributed by atoms with E-state index in [1.54, 1.807) is 18.2 Å². The van der Waals surface area contributed by atoms with Crippen molar-refractivity contribution in [3.05, 3.63) is 65.7 Å². The lowest BCUT2D eigenvalue weighted by Gasteiger charge is -2.10. The van der Waals surface area contributed by atoms with E-state index in [2.05, 4.69) is 0 Å². The van der Waals surface area contributed by atoms with Crippen molar-refractivity contribution in [1.29, 1.82) is 0 Å². The minimum absolute atomic E-state index is 0.470. The Kier molecular flexibility index (Phi) is 4.05. The summed E-state index contributed by atoms with van der Waals surface area (Å²) >= 11 is 0. The van der Waals surface area contributed by atoms with E-state index in [1.165, 1.54) is 13.2 Å². The van der Waals surface area contributed by atoms with Crippen LogP contribution >= 0.6 is 0 Å². The van der Waals surface area contributed by atoms with E-state index < -0.39 is 5.97 Å². The second-order valence-corrected chi connectivity index (χ2v) is 4.22. The van der Waals surface area contributed by atoms with Gasteiger partial charge in [0.15, 0.2) is 0 Å². The number of ether oxygens (including phenoxy) is 1. The number of carboxylic acid groups (broad SMARTS) is 1. The summed E-state index contributed by atoms with van der Waals surface area (Å²) in [6.07, 6.45) is 1.18. The van der Waals surface area contributed by atoms with Gasteiger partial charge < -0.3 is 15.6 Å². The summed E-state index contributed by atoms with van der Waals surface area (Å²) in [5, 5.41) is 9.04. The number of hydrogen-bond donors (Lipinski definition) is 2. The molecule has 0 aliphatic heterocycles. The SMILES string of the molecule is COc1ccc(C(=CC(=O)O)c2ccccc2)cc1N. The fourth-order valence-corrected chi connectivity index (χ4v) is 1.98. The molecule has 0 unspecified atom stereocenters. The normalized spacial score (nSPS) is 11.2. The van der Waals surface area contributed by atoms with Gasteiger partial charge in [0.2, 0.25) is 0 Å². The Morgan fingerprint density at radius 2 is 1.85 bits per heavy atom. The van der Waals surface area contributed by atoms with Gasteiger partial charge >= 0.3 is 5.97 Å². The van der Waals surface area contributed by atoms with Crippen LogP contribution < -0.4 is 10.5 Å². The first-order valence-electron chi connectivity index (χ1n) is 6.05. The van der Waals surface area contributed by atoms with Crippen molar-refractivity contribution >= 4 is 17.2 Å². The minimum Gasteiger partial charge on any atom is -0.495 e. The quantitative estimate of drug-likeness (QED) is 0.661. The molecule has 20 heavy (non-hydrogen) atoms. The standard InChI is InChI=1S/C16H15NO3/c1-20-15-8-7-12(9-14(15)17)13(10-16(18)19)11-5-3-2-4-6-11/h2-10H,17H2,1H3,(H,18,19). The van der Waals surface area contributed by atoms with Crippen molar-refractivity contribution in [2.75, 3.05) is 12.8 Å². The van der Waals surface area contributed by atoms with E-state index in [-0.39, 0.29) is 0 Å². The molecule has 0 saturated heterocycles. The van der Waals surface area contributed by atoms with E-state index in [9.17, 15) is 4.79 Å². The number of carboxylic acids is 1. The molecule has 0 saturated carbocycles. The summed E-state index contributed by atoms with van der Waals surface area (Å²) in [5.41, 5.74) is 8.50. The highest BCUT2D eigenvalue weighted by Crippen LogP contribution is 2.29. The van der Waals surface area contributed by atoms with Crippen molar-refractivity contribution in [1.82, 2.24) is 0 Å². The van der Waals surface area contributed by atoms with E-state index >= 15 is 0 Å². The summed E-state index contributed by atoms with van der Waals surface area (Å²) in [6.45, 7) is 0. The van der Waals surface area contributed by atoms with Gasteiger partial charge in [-0.1, -0.05) is 36.4 Å². The van der Waals surface area contributed by atoms with Crippen LogP contribution in [0.1, 0.15) is 11.1 Å². The van der Waals surface area contributed by atoms with Gasteiger partial charge in [-0.25, -0.2) is 4.79 Å². The maximum absolute atomic E-state index is 11.0. The average molecular weight is 269 g/mol. The molecule has 2 aromatic carbocycles. The molecule has 0 amide bonds. The molecule has 3 N–H and O–H groups in total. The highest BCUT2D eigenvalue weighted by atomic mass is 16.5. The summed E-state index contributed by atoms with van der Waals surface area (Å²) in [4.78, 5) is 11.0. The number of rotatable bonds is 4. The molecule has 0 aliphatic rings. The third-order valence-electron chi connectivity index (χ3n) is 2.89. The Bertz CT molecular complexity index is 648. The van der Waals surface area contributed by atoms with Gasteiger partial charge in [0, 0.05) is 6.08 Å². The predicted molar refractivity (Wildman–Crippen MR) is 78.6 cm³/mol. The Balaban J connectivity index is 2.53. The van der Waals surface area contributed by atoms with E-state index in [0.717, 1.165) is 11.1 Å². The molecule has 0 spiro atoms. The smallest absolute Gasteiger partial charge is 0.328 e. The number of nitrogen functional groups attached to an aromatic ring is 1. The molecule has 2 aromatic rings. The third kappa shape index (κ3) is 2.98. The third-order valence-corrected chi connectivity index (χ3v) is 2.89. The molecule has 0 atom stereocenters. The summed E-state index contributed by atoms with van der Waals surface area (Å²) in [7, 11) is 1.54. The molecule has 102 valence electrons. The monoisotopic (exact) mass is 269 g/mol. The van der Waals surface area contributed by atoms with Crippen LogP contribution in [0.3, 0.4) is 0 Å². The minimum atomic E-state index is -1.00. The first-order valence-corrected chi connectivity index (χ1v) is 6.05. The number of methoxy groups -OCH3 is 1. The zero-order valence-corrected chi connectivity index (χ0v) is 11.0. The van der Waals surface area contributed by atoms with Gasteiger partial charge in [0.05, 0.1) is 12.8 Å². The lowest BCUT2D eigenvalue weighted by Crippen LogP contribution is -1.97. The van der Waals surface area contributed by atoms with Crippen molar-refractivity contribution in [2.24, 2.45) is 0 Å². The topological polar surface area (TPSA) is 72.5 Å². The predicted octanol–water partition coefficient (Wildman–Crippen LogP) is 2.79. The van der Waals surface area contributed by atoms with Gasteiger partial charge in [-0.2, -0.15) is 0 Å². The Morgan fingerprint density at radius 1 is 1.15 bits per heavy atom. The van der Waals surface area contributed by atoms with Crippen LogP contribution in [0.25, 0.3) is 5.57 Å². The zero-order valence-electron chi connectivity index (χ0n) is 11.0. The number of anilines is 1. The fourth-order valence-electron chi connectivity index (χ4n) is 1.98. The first-order chi connectivity index (χ1) is 9.61. The van der Waals surface area contributed by atoms with Crippen LogP contribution in [0.4, 0.5) is 5.69 Å². The van der Waals surface area contributed by atoms with E-state index in [1.807, 2.05) is 30.3 Å². The molecular weight excluding hydrogens is 254 g/mol. The molecule has 0 aliphatic carbocycles. The van der Waals surface area contributed by atoms with Crippen LogP contribution in [0.15, 0.2) is 54.6 Å². The molecule has 2 rings (SSSR count). The molecule has 4 heteroatoms. The molecular formula is C16H15NO3. The van der Waals surface area contributed by atoms with Gasteiger partial charge in [0.25, 0.3) is 0 Å². The van der Waals surface area contributed by atoms with Gasteiger partial charge in [-0.3, -0.25) is 0 Å². The number of nitrogens with two attached hydrogens (primary N) is 1. The highest BCUT2D eigenvalue weighted by Gasteiger charge is 2.09. The maximum atomic E-state index is 11.0. The van der Waals surface area contributed by atoms with Crippen LogP contribution in [0, 0.1) is 0 Å². The fraction of sp³-hybridized carbons (Fsp3) is 0.0625. The molecule has 0 fully saturated rings. The van der Waals surface area contributed by atoms with Gasteiger partial charge in [-0.15, -0.1) is 0 Å². The average Bonchev–Trinajstić information content (AvgIpc) is 2.45. The van der Waals surface area contributed by atoms with Crippen LogP contribution in [0.5, 0.6) is 5.75 Å². The second kappa shape index (κ2) is 5.93. The van der Waals surface area contributed by atoms with Crippen LogP contribution in [0.2, 0.25) is 0 Å². The summed E-state index contributed by atoms with van der Waals surface area (Å²) in [5.74, 6) is -0.435. The van der Waals surface area contributed by atoms with Crippen molar-refractivity contribution in [2.45, 2.75) is 0 Å². The van der Waals surface area contributed by atoms with Crippen LogP contribution in [-0.2, 0) is 4.79 Å². The van der Waals surface area contributed by atoms with E-state index in [4.69, 9.17) is 15.6 Å². The summed E-state index contributed by atoms with van der Waals surface area (Å²) in [6, 6.07) is 14.5. The van der Waals surface area contributed by atoms with E-state index in [0.29, 0.717) is 17.0 Å². The molecule has 0 bridgehead atoms. The lowest BCUT2D eigenvalue weighted by atomic mass is 9.97. The van der Waals surface area contributed by atoms with Crippen molar-refractivity contribution in [3.8, 4) is 5.75 Å². The number of aliphatic carboxylic acids is 1. The molecule has 0 heterocycles. The molecule has 0 aromatic heterocycles. The van der Waals surface area contributed by atoms with Crippen molar-refractivity contribution in [3.63, 3.8) is 0 Å². The Morgan fingerprint density at radius 3 is 2.40 bits per heavy atom. The number of carbonyl (C=O) groups is 1. The van der Waals surface area contributed by atoms with Gasteiger partial charge in [0.1, 0.15) is 5.75 Å². The summed E-state index contributed by atoms with van der Waals surface area (Å²) < 4.78 is 5.11. The lowest BCUT2D eigenvalue weighted by molar-refractivity contribution is -0.131. The Labute approximate surface area is 117 Å². The second-order valence-electron chi connectivity index (χ2n) is 4.22. The van der Waals surface area contributed by atoms with Crippen LogP contribution in [-0.4, -0.2) is 18.2 Å². The molecule has 4 nitrogen and oxygen atoms in total.